The Morgan fingerprint density at radius 2 is 2.00 bits per heavy atom. The number of amides is 1. The zero-order valence-corrected chi connectivity index (χ0v) is 17.5. The Morgan fingerprint density at radius 3 is 2.72 bits per heavy atom. The largest absolute Gasteiger partial charge is 0.488 e. The monoisotopic (exact) mass is 429 g/mol. The summed E-state index contributed by atoms with van der Waals surface area (Å²) < 4.78 is 8.20. The third-order valence-electron chi connectivity index (χ3n) is 8.33. The molecule has 1 atom stereocenters. The summed E-state index contributed by atoms with van der Waals surface area (Å²) in [6.07, 6.45) is 9.31. The number of aliphatic carboxylic acids is 1. The third-order valence-corrected chi connectivity index (χ3v) is 8.33. The van der Waals surface area contributed by atoms with Crippen LogP contribution in [-0.4, -0.2) is 38.2 Å². The summed E-state index contributed by atoms with van der Waals surface area (Å²) >= 11 is 0. The number of para-hydroxylation sites is 1. The van der Waals surface area contributed by atoms with Crippen LogP contribution in [0.25, 0.3) is 10.9 Å². The standard InChI is InChI=1S/C25H23N3O4/c29-21(27-25(6-7-25)24-13-23(24,14-24)22(30)31)18-11-26-10-16-5-8-28(20(16)18)12-17-9-15-3-1-2-4-19(15)32-17/h1-5,8,10-11,17H,6-7,9,12-14H2,(H,27,29)(H,30,31). The van der Waals surface area contributed by atoms with E-state index in [-0.39, 0.29) is 23.0 Å². The predicted molar refractivity (Wildman–Crippen MR) is 115 cm³/mol. The maximum Gasteiger partial charge on any atom is 0.310 e. The molecule has 4 aliphatic rings. The highest BCUT2D eigenvalue weighted by molar-refractivity contribution is 6.06. The Hall–Kier alpha value is -3.35. The number of benzene rings is 1. The molecule has 3 aromatic rings. The van der Waals surface area contributed by atoms with Crippen molar-refractivity contribution in [2.24, 2.45) is 10.8 Å². The number of hydrogen-bond acceptors (Lipinski definition) is 4. The molecule has 1 unspecified atom stereocenters. The molecule has 1 aliphatic heterocycles. The van der Waals surface area contributed by atoms with Crippen molar-refractivity contribution in [3.63, 3.8) is 0 Å². The van der Waals surface area contributed by atoms with Crippen molar-refractivity contribution in [3.05, 3.63) is 60.0 Å². The predicted octanol–water partition coefficient (Wildman–Crippen LogP) is 3.17. The van der Waals surface area contributed by atoms with Gasteiger partial charge in [-0.15, -0.1) is 0 Å². The van der Waals surface area contributed by atoms with Gasteiger partial charge >= 0.3 is 5.97 Å². The summed E-state index contributed by atoms with van der Waals surface area (Å²) in [6, 6.07) is 10.1. The van der Waals surface area contributed by atoms with Crippen LogP contribution in [0.3, 0.4) is 0 Å². The molecule has 3 heterocycles. The second-order valence-corrected chi connectivity index (χ2v) is 10.0. The molecule has 162 valence electrons. The first kappa shape index (κ1) is 18.2. The minimum atomic E-state index is -0.715. The van der Waals surface area contributed by atoms with Crippen LogP contribution in [0.2, 0.25) is 0 Å². The van der Waals surface area contributed by atoms with Gasteiger partial charge in [0.05, 0.1) is 23.0 Å². The van der Waals surface area contributed by atoms with Crippen LogP contribution >= 0.6 is 0 Å². The Balaban J connectivity index is 1.16. The van der Waals surface area contributed by atoms with Crippen molar-refractivity contribution in [3.8, 4) is 5.75 Å². The fourth-order valence-electron chi connectivity index (χ4n) is 6.23. The first-order chi connectivity index (χ1) is 15.5. The first-order valence-corrected chi connectivity index (χ1v) is 11.2. The summed E-state index contributed by atoms with van der Waals surface area (Å²) in [7, 11) is 0. The Bertz CT molecular complexity index is 1290. The van der Waals surface area contributed by atoms with E-state index in [1.54, 1.807) is 12.4 Å². The van der Waals surface area contributed by atoms with Gasteiger partial charge in [0.1, 0.15) is 11.9 Å². The second kappa shape index (κ2) is 5.71. The maximum absolute atomic E-state index is 13.4. The molecule has 7 rings (SSSR count). The van der Waals surface area contributed by atoms with Crippen molar-refractivity contribution < 1.29 is 19.4 Å². The summed E-state index contributed by atoms with van der Waals surface area (Å²) in [5, 5.41) is 13.7. The number of ether oxygens (including phenoxy) is 1. The van der Waals surface area contributed by atoms with Crippen LogP contribution in [0.15, 0.2) is 48.9 Å². The minimum absolute atomic E-state index is 0.00912. The van der Waals surface area contributed by atoms with E-state index in [2.05, 4.69) is 20.9 Å². The third kappa shape index (κ3) is 2.23. The molecular weight excluding hydrogens is 406 g/mol. The van der Waals surface area contributed by atoms with Gasteiger partial charge in [-0.1, -0.05) is 18.2 Å². The smallest absolute Gasteiger partial charge is 0.310 e. The second-order valence-electron chi connectivity index (χ2n) is 10.0. The van der Waals surface area contributed by atoms with Crippen molar-refractivity contribution in [2.45, 2.75) is 50.3 Å². The number of fused-ring (bicyclic) bond motifs is 3. The van der Waals surface area contributed by atoms with Crippen molar-refractivity contribution in [2.75, 3.05) is 0 Å². The van der Waals surface area contributed by atoms with Gasteiger partial charge in [-0.05, 0) is 43.4 Å². The molecule has 0 saturated heterocycles. The molecule has 0 bridgehead atoms. The van der Waals surface area contributed by atoms with Crippen molar-refractivity contribution in [1.29, 1.82) is 0 Å². The summed E-state index contributed by atoms with van der Waals surface area (Å²) in [5.74, 6) is 0.0520. The van der Waals surface area contributed by atoms with E-state index in [9.17, 15) is 14.7 Å². The molecule has 3 fully saturated rings. The topological polar surface area (TPSA) is 93.5 Å². The molecule has 2 N–H and O–H groups in total. The highest BCUT2D eigenvalue weighted by atomic mass is 16.5. The van der Waals surface area contributed by atoms with Gasteiger partial charge in [0.2, 0.25) is 0 Å². The first-order valence-electron chi connectivity index (χ1n) is 11.2. The lowest BCUT2D eigenvalue weighted by molar-refractivity contribution is -0.141. The quantitative estimate of drug-likeness (QED) is 0.628. The van der Waals surface area contributed by atoms with E-state index in [4.69, 9.17) is 4.74 Å². The van der Waals surface area contributed by atoms with E-state index >= 15 is 0 Å². The van der Waals surface area contributed by atoms with Crippen LogP contribution in [0.4, 0.5) is 0 Å². The number of hydrogen-bond donors (Lipinski definition) is 2. The van der Waals surface area contributed by atoms with E-state index in [0.29, 0.717) is 24.9 Å². The van der Waals surface area contributed by atoms with Gasteiger partial charge in [-0.2, -0.15) is 0 Å². The molecule has 3 aliphatic carbocycles. The Kier molecular flexibility index (Phi) is 3.25. The van der Waals surface area contributed by atoms with Gasteiger partial charge in [0, 0.05) is 41.4 Å². The SMILES string of the molecule is O=C(NC1(C23CC2(C(=O)O)C3)CC1)c1cncc2ccn(CC3Cc4ccccc4O3)c12. The van der Waals surface area contributed by atoms with Crippen molar-refractivity contribution in [1.82, 2.24) is 14.9 Å². The number of carbonyl (C=O) groups excluding carboxylic acids is 1. The van der Waals surface area contributed by atoms with Crippen LogP contribution in [0, 0.1) is 10.8 Å². The number of carboxylic acid groups (broad SMARTS) is 1. The zero-order valence-electron chi connectivity index (χ0n) is 17.5. The Morgan fingerprint density at radius 1 is 1.19 bits per heavy atom. The van der Waals surface area contributed by atoms with Gasteiger partial charge in [-0.3, -0.25) is 14.6 Å². The van der Waals surface area contributed by atoms with Crippen LogP contribution in [0.1, 0.15) is 41.6 Å². The van der Waals surface area contributed by atoms with Gasteiger partial charge < -0.3 is 19.7 Å². The van der Waals surface area contributed by atoms with E-state index in [0.717, 1.165) is 35.9 Å². The molecule has 3 saturated carbocycles. The zero-order chi connectivity index (χ0) is 21.7. The van der Waals surface area contributed by atoms with E-state index < -0.39 is 11.4 Å². The number of carbonyl (C=O) groups is 2. The summed E-state index contributed by atoms with van der Waals surface area (Å²) in [4.78, 5) is 29.4. The molecule has 0 radical (unpaired) electrons. The number of aromatic nitrogens is 2. The lowest BCUT2D eigenvalue weighted by Gasteiger charge is -2.21. The number of nitrogens with zero attached hydrogens (tertiary/aromatic N) is 2. The molecule has 32 heavy (non-hydrogen) atoms. The van der Waals surface area contributed by atoms with Crippen LogP contribution in [-0.2, 0) is 17.8 Å². The van der Waals surface area contributed by atoms with Gasteiger partial charge in [-0.25, -0.2) is 0 Å². The molecule has 7 heteroatoms. The Labute approximate surface area is 184 Å². The fourth-order valence-corrected chi connectivity index (χ4v) is 6.23. The van der Waals surface area contributed by atoms with Gasteiger partial charge in [0.25, 0.3) is 5.91 Å². The molecule has 1 amide bonds. The average molecular weight is 429 g/mol. The fraction of sp³-hybridized carbons (Fsp3) is 0.400. The lowest BCUT2D eigenvalue weighted by atomic mass is 10.0. The lowest BCUT2D eigenvalue weighted by Crippen LogP contribution is -2.41. The molecule has 2 aromatic heterocycles. The molecule has 7 nitrogen and oxygen atoms in total. The highest BCUT2D eigenvalue weighted by Gasteiger charge is 2.95. The van der Waals surface area contributed by atoms with Gasteiger partial charge in [0.15, 0.2) is 0 Å². The van der Waals surface area contributed by atoms with Crippen LogP contribution in [0.5, 0.6) is 5.75 Å². The molecule has 0 spiro atoms. The summed E-state index contributed by atoms with van der Waals surface area (Å²) in [5.41, 5.74) is 1.41. The van der Waals surface area contributed by atoms with E-state index in [1.165, 1.54) is 5.56 Å². The number of nitrogens with one attached hydrogen (secondary N) is 1. The minimum Gasteiger partial charge on any atom is -0.488 e. The average Bonchev–Trinajstić information content (AvgIpc) is 3.69. The normalized spacial score (nSPS) is 30.2. The molecule has 1 aromatic carbocycles. The van der Waals surface area contributed by atoms with Crippen molar-refractivity contribution >= 4 is 22.8 Å². The summed E-state index contributed by atoms with van der Waals surface area (Å²) in [6.45, 7) is 0.639. The number of pyridine rings is 1. The van der Waals surface area contributed by atoms with Crippen LogP contribution < -0.4 is 10.1 Å². The number of rotatable bonds is 6. The highest BCUT2D eigenvalue weighted by Crippen LogP contribution is 2.93. The van der Waals surface area contributed by atoms with E-state index in [1.807, 2.05) is 30.5 Å². The molecular formula is C25H23N3O4. The maximum atomic E-state index is 13.4. The number of carboxylic acids is 1.